The van der Waals surface area contributed by atoms with Crippen LogP contribution in [0.4, 0.5) is 0 Å². The Kier molecular flexibility index (Phi) is 5.55. The summed E-state index contributed by atoms with van der Waals surface area (Å²) >= 11 is 0. The van der Waals surface area contributed by atoms with Crippen LogP contribution in [0.2, 0.25) is 0 Å². The number of hydrogen-bond donors (Lipinski definition) is 1. The Balaban J connectivity index is 1.53. The van der Waals surface area contributed by atoms with E-state index in [1.807, 2.05) is 6.07 Å². The van der Waals surface area contributed by atoms with Gasteiger partial charge < -0.3 is 19.5 Å². The van der Waals surface area contributed by atoms with Crippen LogP contribution in [-0.2, 0) is 19.4 Å². The molecule has 0 fully saturated rings. The molecule has 2 aromatic rings. The zero-order chi connectivity index (χ0) is 20.3. The highest BCUT2D eigenvalue weighted by atomic mass is 32.2. The molecule has 0 spiro atoms. The standard InChI is InChI=1S/C19H19NO7S/c1-12(14-5-8-16-17(9-14)27-11-26-16)20-18(21)10-25-19(22)13-3-6-15(7-4-13)28(2,23)24/h3-9,12H,10-11H2,1-2H3,(H,20,21)/t12-/m1/s1. The monoisotopic (exact) mass is 405 g/mol. The number of fused-ring (bicyclic) bond motifs is 1. The molecule has 8 nitrogen and oxygen atoms in total. The fourth-order valence-electron chi connectivity index (χ4n) is 2.60. The molecule has 2 aromatic carbocycles. The van der Waals surface area contributed by atoms with E-state index in [0.717, 1.165) is 11.8 Å². The predicted molar refractivity (Wildman–Crippen MR) is 99.0 cm³/mol. The minimum atomic E-state index is -3.35. The molecule has 1 N–H and O–H groups in total. The largest absolute Gasteiger partial charge is 0.454 e. The van der Waals surface area contributed by atoms with Gasteiger partial charge in [0.25, 0.3) is 5.91 Å². The second-order valence-corrected chi connectivity index (χ2v) is 8.29. The molecular formula is C19H19NO7S. The van der Waals surface area contributed by atoms with Crippen molar-refractivity contribution in [2.45, 2.75) is 17.9 Å². The summed E-state index contributed by atoms with van der Waals surface area (Å²) in [5, 5.41) is 2.73. The van der Waals surface area contributed by atoms with Crippen molar-refractivity contribution in [2.24, 2.45) is 0 Å². The summed E-state index contributed by atoms with van der Waals surface area (Å²) in [6, 6.07) is 10.3. The van der Waals surface area contributed by atoms with Crippen molar-refractivity contribution < 1.29 is 32.2 Å². The van der Waals surface area contributed by atoms with Gasteiger partial charge in [0.2, 0.25) is 6.79 Å². The summed E-state index contributed by atoms with van der Waals surface area (Å²) < 4.78 is 38.4. The summed E-state index contributed by atoms with van der Waals surface area (Å²) in [5.41, 5.74) is 0.976. The van der Waals surface area contributed by atoms with Gasteiger partial charge in [-0.1, -0.05) is 6.07 Å². The van der Waals surface area contributed by atoms with Crippen molar-refractivity contribution in [3.05, 3.63) is 53.6 Å². The van der Waals surface area contributed by atoms with Gasteiger partial charge >= 0.3 is 5.97 Å². The van der Waals surface area contributed by atoms with Crippen LogP contribution >= 0.6 is 0 Å². The van der Waals surface area contributed by atoms with Gasteiger partial charge in [-0.05, 0) is 48.9 Å². The fourth-order valence-corrected chi connectivity index (χ4v) is 3.23. The minimum Gasteiger partial charge on any atom is -0.454 e. The lowest BCUT2D eigenvalue weighted by Crippen LogP contribution is -2.31. The number of benzene rings is 2. The molecule has 0 aliphatic carbocycles. The van der Waals surface area contributed by atoms with Gasteiger partial charge in [0, 0.05) is 6.26 Å². The highest BCUT2D eigenvalue weighted by Crippen LogP contribution is 2.34. The van der Waals surface area contributed by atoms with Crippen LogP contribution in [0.5, 0.6) is 11.5 Å². The molecule has 1 amide bonds. The number of amides is 1. The van der Waals surface area contributed by atoms with Crippen LogP contribution in [0.15, 0.2) is 47.4 Å². The van der Waals surface area contributed by atoms with Crippen molar-refractivity contribution in [3.8, 4) is 11.5 Å². The van der Waals surface area contributed by atoms with E-state index < -0.39 is 28.3 Å². The van der Waals surface area contributed by atoms with Crippen molar-refractivity contribution in [1.29, 1.82) is 0 Å². The van der Waals surface area contributed by atoms with Crippen LogP contribution < -0.4 is 14.8 Å². The summed E-state index contributed by atoms with van der Waals surface area (Å²) in [5.74, 6) is 0.0814. The molecule has 0 aromatic heterocycles. The molecule has 1 atom stereocenters. The zero-order valence-corrected chi connectivity index (χ0v) is 16.1. The third kappa shape index (κ3) is 4.61. The lowest BCUT2D eigenvalue weighted by Gasteiger charge is -2.15. The molecule has 148 valence electrons. The maximum Gasteiger partial charge on any atom is 0.338 e. The van der Waals surface area contributed by atoms with Gasteiger partial charge in [-0.2, -0.15) is 0 Å². The predicted octanol–water partition coefficient (Wildman–Crippen LogP) is 1.85. The average molecular weight is 405 g/mol. The molecule has 0 bridgehead atoms. The molecule has 1 aliphatic heterocycles. The van der Waals surface area contributed by atoms with E-state index in [1.165, 1.54) is 24.3 Å². The number of sulfone groups is 1. The van der Waals surface area contributed by atoms with Crippen LogP contribution in [0, 0.1) is 0 Å². The summed E-state index contributed by atoms with van der Waals surface area (Å²) in [4.78, 5) is 24.2. The Morgan fingerprint density at radius 2 is 1.79 bits per heavy atom. The van der Waals surface area contributed by atoms with E-state index in [-0.39, 0.29) is 23.3 Å². The zero-order valence-electron chi connectivity index (χ0n) is 15.3. The third-order valence-corrected chi connectivity index (χ3v) is 5.26. The SMILES string of the molecule is C[C@@H](NC(=O)COC(=O)c1ccc(S(C)(=O)=O)cc1)c1ccc2c(c1)OCO2. The first-order valence-corrected chi connectivity index (χ1v) is 10.3. The van der Waals surface area contributed by atoms with E-state index in [4.69, 9.17) is 14.2 Å². The maximum absolute atomic E-state index is 12.1. The van der Waals surface area contributed by atoms with Gasteiger partial charge in [-0.3, -0.25) is 4.79 Å². The highest BCUT2D eigenvalue weighted by Gasteiger charge is 2.18. The van der Waals surface area contributed by atoms with Crippen molar-refractivity contribution in [1.82, 2.24) is 5.32 Å². The smallest absolute Gasteiger partial charge is 0.338 e. The van der Waals surface area contributed by atoms with Crippen molar-refractivity contribution in [3.63, 3.8) is 0 Å². The summed E-state index contributed by atoms with van der Waals surface area (Å²) in [6.45, 7) is 1.50. The molecule has 0 saturated carbocycles. The second kappa shape index (κ2) is 7.89. The number of hydrogen-bond acceptors (Lipinski definition) is 7. The van der Waals surface area contributed by atoms with Gasteiger partial charge in [-0.25, -0.2) is 13.2 Å². The van der Waals surface area contributed by atoms with Crippen molar-refractivity contribution >= 4 is 21.7 Å². The van der Waals surface area contributed by atoms with Gasteiger partial charge in [0.05, 0.1) is 16.5 Å². The quantitative estimate of drug-likeness (QED) is 0.731. The summed E-state index contributed by atoms with van der Waals surface area (Å²) in [7, 11) is -3.35. The second-order valence-electron chi connectivity index (χ2n) is 6.27. The first kappa shape index (κ1) is 19.7. The molecule has 0 radical (unpaired) electrons. The van der Waals surface area contributed by atoms with E-state index in [9.17, 15) is 18.0 Å². The molecule has 0 saturated heterocycles. The van der Waals surface area contributed by atoms with Gasteiger partial charge in [0.1, 0.15) is 0 Å². The van der Waals surface area contributed by atoms with Gasteiger partial charge in [0.15, 0.2) is 27.9 Å². The lowest BCUT2D eigenvalue weighted by molar-refractivity contribution is -0.124. The molecule has 0 unspecified atom stereocenters. The van der Waals surface area contributed by atoms with E-state index in [2.05, 4.69) is 5.32 Å². The van der Waals surface area contributed by atoms with E-state index >= 15 is 0 Å². The number of carbonyl (C=O) groups is 2. The first-order chi connectivity index (χ1) is 13.2. The minimum absolute atomic E-state index is 0.0966. The maximum atomic E-state index is 12.1. The normalized spacial score (nSPS) is 13.6. The molecule has 3 rings (SSSR count). The Morgan fingerprint density at radius 1 is 1.11 bits per heavy atom. The number of carbonyl (C=O) groups excluding carboxylic acids is 2. The van der Waals surface area contributed by atoms with E-state index in [1.54, 1.807) is 19.1 Å². The first-order valence-electron chi connectivity index (χ1n) is 8.40. The van der Waals surface area contributed by atoms with Crippen LogP contribution in [0.3, 0.4) is 0 Å². The average Bonchev–Trinajstić information content (AvgIpc) is 3.13. The Morgan fingerprint density at radius 3 is 2.46 bits per heavy atom. The van der Waals surface area contributed by atoms with E-state index in [0.29, 0.717) is 11.5 Å². The number of rotatable bonds is 6. The molecule has 28 heavy (non-hydrogen) atoms. The third-order valence-electron chi connectivity index (χ3n) is 4.13. The Hall–Kier alpha value is -3.07. The molecule has 1 heterocycles. The fraction of sp³-hybridized carbons (Fsp3) is 0.263. The molecule has 1 aliphatic rings. The molecule has 9 heteroatoms. The number of nitrogens with one attached hydrogen (secondary N) is 1. The Labute approximate surface area is 162 Å². The highest BCUT2D eigenvalue weighted by molar-refractivity contribution is 7.90. The van der Waals surface area contributed by atoms with Crippen LogP contribution in [0.25, 0.3) is 0 Å². The molecular weight excluding hydrogens is 386 g/mol. The van der Waals surface area contributed by atoms with Crippen LogP contribution in [0.1, 0.15) is 28.9 Å². The van der Waals surface area contributed by atoms with Crippen molar-refractivity contribution in [2.75, 3.05) is 19.7 Å². The Bertz CT molecular complexity index is 999. The topological polar surface area (TPSA) is 108 Å². The lowest BCUT2D eigenvalue weighted by atomic mass is 10.1. The van der Waals surface area contributed by atoms with Crippen LogP contribution in [-0.4, -0.2) is 39.9 Å². The number of ether oxygens (including phenoxy) is 3. The van der Waals surface area contributed by atoms with Gasteiger partial charge in [-0.15, -0.1) is 0 Å². The number of esters is 1. The summed E-state index contributed by atoms with van der Waals surface area (Å²) in [6.07, 6.45) is 1.08.